The largest absolute Gasteiger partial charge is 0.416 e. The van der Waals surface area contributed by atoms with Gasteiger partial charge in [0.2, 0.25) is 0 Å². The molecule has 1 aliphatic rings. The molecule has 3 rings (SSSR count). The van der Waals surface area contributed by atoms with Crippen LogP contribution in [-0.2, 0) is 16.0 Å². The molecule has 2 heterocycles. The second kappa shape index (κ2) is 6.90. The van der Waals surface area contributed by atoms with E-state index in [4.69, 9.17) is 0 Å². The first-order valence-corrected chi connectivity index (χ1v) is 10.7. The van der Waals surface area contributed by atoms with Gasteiger partial charge in [0.1, 0.15) is 9.88 Å². The smallest absolute Gasteiger partial charge is 0.337 e. The van der Waals surface area contributed by atoms with Gasteiger partial charge in [-0.2, -0.15) is 13.2 Å². The standard InChI is InChI=1S/C17H17F3N2O3S2/c1-10-14(16(23)22(2)13-7-8-27(24,25)9-13)26-15(21-10)11-3-5-12(6-4-11)17(18,19)20/h3-6,13H,7-9H2,1-2H3. The molecule has 1 amide bonds. The van der Waals surface area contributed by atoms with Crippen LogP contribution in [-0.4, -0.2) is 48.8 Å². The topological polar surface area (TPSA) is 67.3 Å². The van der Waals surface area contributed by atoms with Crippen LogP contribution in [0.4, 0.5) is 13.2 Å². The number of carbonyl (C=O) groups is 1. The van der Waals surface area contributed by atoms with Crippen LogP contribution in [0.3, 0.4) is 0 Å². The van der Waals surface area contributed by atoms with Crippen molar-refractivity contribution in [2.45, 2.75) is 25.6 Å². The maximum absolute atomic E-state index is 12.7. The number of benzene rings is 1. The third-order valence-electron chi connectivity index (χ3n) is 4.53. The Morgan fingerprint density at radius 1 is 1.26 bits per heavy atom. The zero-order valence-corrected chi connectivity index (χ0v) is 16.2. The van der Waals surface area contributed by atoms with Gasteiger partial charge in [-0.05, 0) is 25.5 Å². The van der Waals surface area contributed by atoms with Crippen molar-refractivity contribution in [3.05, 3.63) is 40.4 Å². The maximum atomic E-state index is 12.7. The molecule has 146 valence electrons. The summed E-state index contributed by atoms with van der Waals surface area (Å²) in [6.07, 6.45) is -4.02. The van der Waals surface area contributed by atoms with Crippen LogP contribution < -0.4 is 0 Å². The lowest BCUT2D eigenvalue weighted by Crippen LogP contribution is -2.37. The number of sulfone groups is 1. The van der Waals surface area contributed by atoms with Crippen molar-refractivity contribution in [1.29, 1.82) is 0 Å². The molecule has 0 radical (unpaired) electrons. The monoisotopic (exact) mass is 418 g/mol. The number of thiazole rings is 1. The molecular weight excluding hydrogens is 401 g/mol. The Kier molecular flexibility index (Phi) is 5.06. The van der Waals surface area contributed by atoms with Gasteiger partial charge in [-0.3, -0.25) is 4.79 Å². The van der Waals surface area contributed by atoms with Crippen molar-refractivity contribution in [1.82, 2.24) is 9.88 Å². The maximum Gasteiger partial charge on any atom is 0.416 e. The summed E-state index contributed by atoms with van der Waals surface area (Å²) >= 11 is 1.09. The SMILES string of the molecule is Cc1nc(-c2ccc(C(F)(F)F)cc2)sc1C(=O)N(C)C1CCS(=O)(=O)C1. The summed E-state index contributed by atoms with van der Waals surface area (Å²) in [7, 11) is -1.56. The van der Waals surface area contributed by atoms with Gasteiger partial charge in [0, 0.05) is 18.7 Å². The molecule has 1 aromatic heterocycles. The Labute approximate surface area is 158 Å². The Bertz CT molecular complexity index is 966. The number of hydrogen-bond acceptors (Lipinski definition) is 5. The molecule has 1 atom stereocenters. The zero-order valence-electron chi connectivity index (χ0n) is 14.6. The molecule has 0 spiro atoms. The molecule has 1 fully saturated rings. The third kappa shape index (κ3) is 4.16. The molecule has 2 aromatic rings. The van der Waals surface area contributed by atoms with E-state index in [2.05, 4.69) is 4.98 Å². The van der Waals surface area contributed by atoms with E-state index in [0.717, 1.165) is 23.5 Å². The van der Waals surface area contributed by atoms with Crippen LogP contribution in [0.15, 0.2) is 24.3 Å². The summed E-state index contributed by atoms with van der Waals surface area (Å²) in [6, 6.07) is 4.22. The van der Waals surface area contributed by atoms with Gasteiger partial charge in [0.25, 0.3) is 5.91 Å². The number of hydrogen-bond donors (Lipinski definition) is 0. The predicted molar refractivity (Wildman–Crippen MR) is 96.4 cm³/mol. The Balaban J connectivity index is 1.83. The summed E-state index contributed by atoms with van der Waals surface area (Å²) in [5.74, 6) is -0.322. The molecule has 0 aliphatic carbocycles. The molecular formula is C17H17F3N2O3S2. The van der Waals surface area contributed by atoms with Gasteiger partial charge in [0.15, 0.2) is 9.84 Å². The van der Waals surface area contributed by atoms with Crippen molar-refractivity contribution in [3.8, 4) is 10.6 Å². The van der Waals surface area contributed by atoms with Gasteiger partial charge in [-0.15, -0.1) is 11.3 Å². The fourth-order valence-corrected chi connectivity index (χ4v) is 5.76. The number of alkyl halides is 3. The summed E-state index contributed by atoms with van der Waals surface area (Å²) in [4.78, 5) is 18.8. The number of carbonyl (C=O) groups excluding carboxylic acids is 1. The second-order valence-electron chi connectivity index (χ2n) is 6.48. The first kappa shape index (κ1) is 19.8. The molecule has 27 heavy (non-hydrogen) atoms. The molecule has 0 bridgehead atoms. The van der Waals surface area contributed by atoms with E-state index in [1.54, 1.807) is 14.0 Å². The third-order valence-corrected chi connectivity index (χ3v) is 7.47. The highest BCUT2D eigenvalue weighted by Gasteiger charge is 2.34. The van der Waals surface area contributed by atoms with Crippen LogP contribution in [0.25, 0.3) is 10.6 Å². The molecule has 10 heteroatoms. The van der Waals surface area contributed by atoms with Crippen molar-refractivity contribution >= 4 is 27.1 Å². The van der Waals surface area contributed by atoms with Gasteiger partial charge < -0.3 is 4.90 Å². The first-order valence-electron chi connectivity index (χ1n) is 8.10. The van der Waals surface area contributed by atoms with Gasteiger partial charge in [0.05, 0.1) is 22.8 Å². The van der Waals surface area contributed by atoms with E-state index in [-0.39, 0.29) is 23.5 Å². The van der Waals surface area contributed by atoms with E-state index >= 15 is 0 Å². The molecule has 5 nitrogen and oxygen atoms in total. The summed E-state index contributed by atoms with van der Waals surface area (Å²) in [5.41, 5.74) is 0.201. The quantitative estimate of drug-likeness (QED) is 0.766. The minimum absolute atomic E-state index is 0.0567. The van der Waals surface area contributed by atoms with Gasteiger partial charge >= 0.3 is 6.18 Å². The van der Waals surface area contributed by atoms with Crippen LogP contribution in [0.2, 0.25) is 0 Å². The predicted octanol–water partition coefficient (Wildman–Crippen LogP) is 3.40. The van der Waals surface area contributed by atoms with Gasteiger partial charge in [-0.25, -0.2) is 13.4 Å². The first-order chi connectivity index (χ1) is 12.5. The molecule has 1 aromatic carbocycles. The molecule has 0 saturated carbocycles. The molecule has 1 unspecified atom stereocenters. The van der Waals surface area contributed by atoms with Crippen LogP contribution >= 0.6 is 11.3 Å². The normalized spacial score (nSPS) is 19.2. The number of halogens is 3. The average molecular weight is 418 g/mol. The van der Waals surface area contributed by atoms with Crippen LogP contribution in [0, 0.1) is 6.92 Å². The second-order valence-corrected chi connectivity index (χ2v) is 9.71. The summed E-state index contributed by atoms with van der Waals surface area (Å²) in [5, 5.41) is 0.442. The van der Waals surface area contributed by atoms with Crippen LogP contribution in [0.5, 0.6) is 0 Å². The fourth-order valence-electron chi connectivity index (χ4n) is 2.93. The van der Waals surface area contributed by atoms with Gasteiger partial charge in [-0.1, -0.05) is 12.1 Å². The van der Waals surface area contributed by atoms with E-state index in [0.29, 0.717) is 27.6 Å². The van der Waals surface area contributed by atoms with Crippen molar-refractivity contribution in [2.75, 3.05) is 18.6 Å². The van der Waals surface area contributed by atoms with Crippen molar-refractivity contribution < 1.29 is 26.4 Å². The Hall–Kier alpha value is -1.94. The minimum atomic E-state index is -4.41. The number of amides is 1. The van der Waals surface area contributed by atoms with E-state index in [1.807, 2.05) is 0 Å². The Morgan fingerprint density at radius 2 is 1.89 bits per heavy atom. The highest BCUT2D eigenvalue weighted by atomic mass is 32.2. The van der Waals surface area contributed by atoms with Crippen molar-refractivity contribution in [2.24, 2.45) is 0 Å². The number of rotatable bonds is 3. The molecule has 1 aliphatic heterocycles. The Morgan fingerprint density at radius 3 is 2.41 bits per heavy atom. The average Bonchev–Trinajstić information content (AvgIpc) is 3.15. The fraction of sp³-hybridized carbons (Fsp3) is 0.412. The lowest BCUT2D eigenvalue weighted by molar-refractivity contribution is -0.137. The lowest BCUT2D eigenvalue weighted by atomic mass is 10.1. The van der Waals surface area contributed by atoms with E-state index in [1.165, 1.54) is 17.0 Å². The van der Waals surface area contributed by atoms with Crippen LogP contribution in [0.1, 0.15) is 27.3 Å². The van der Waals surface area contributed by atoms with E-state index < -0.39 is 21.6 Å². The number of aryl methyl sites for hydroxylation is 1. The lowest BCUT2D eigenvalue weighted by Gasteiger charge is -2.22. The summed E-state index contributed by atoms with van der Waals surface area (Å²) < 4.78 is 61.3. The zero-order chi connectivity index (χ0) is 20.0. The molecule has 0 N–H and O–H groups in total. The van der Waals surface area contributed by atoms with Crippen molar-refractivity contribution in [3.63, 3.8) is 0 Å². The molecule has 1 saturated heterocycles. The number of aromatic nitrogens is 1. The number of nitrogens with zero attached hydrogens (tertiary/aromatic N) is 2. The highest BCUT2D eigenvalue weighted by Crippen LogP contribution is 2.33. The summed E-state index contributed by atoms with van der Waals surface area (Å²) in [6.45, 7) is 1.65. The van der Waals surface area contributed by atoms with E-state index in [9.17, 15) is 26.4 Å². The highest BCUT2D eigenvalue weighted by molar-refractivity contribution is 7.91. The minimum Gasteiger partial charge on any atom is -0.337 e.